The van der Waals surface area contributed by atoms with Crippen molar-refractivity contribution in [3.8, 4) is 5.75 Å². The van der Waals surface area contributed by atoms with Gasteiger partial charge in [-0.05, 0) is 56.2 Å². The molecule has 4 rings (SSSR count). The van der Waals surface area contributed by atoms with E-state index < -0.39 is 6.04 Å². The molecule has 2 fully saturated rings. The molecular formula is C31H47N5O4. The number of carbonyl (C=O) groups excluding carboxylic acids is 3. The number of rotatable bonds is 12. The maximum absolute atomic E-state index is 13.3. The highest BCUT2D eigenvalue weighted by molar-refractivity contribution is 5.98. The second kappa shape index (κ2) is 14.9. The van der Waals surface area contributed by atoms with E-state index in [0.29, 0.717) is 37.4 Å². The molecule has 2 N–H and O–H groups in total. The summed E-state index contributed by atoms with van der Waals surface area (Å²) >= 11 is 0. The molecule has 220 valence electrons. The van der Waals surface area contributed by atoms with Crippen LogP contribution in [0.25, 0.3) is 0 Å². The van der Waals surface area contributed by atoms with Gasteiger partial charge in [-0.3, -0.25) is 14.4 Å². The molecule has 0 radical (unpaired) electrons. The fourth-order valence-corrected chi connectivity index (χ4v) is 5.93. The van der Waals surface area contributed by atoms with E-state index in [0.717, 1.165) is 56.3 Å². The Morgan fingerprint density at radius 1 is 1.12 bits per heavy atom. The molecule has 2 aromatic rings. The van der Waals surface area contributed by atoms with Crippen LogP contribution in [0.5, 0.6) is 5.75 Å². The number of ketones is 1. The van der Waals surface area contributed by atoms with Crippen molar-refractivity contribution in [2.24, 2.45) is 5.92 Å². The van der Waals surface area contributed by atoms with Crippen LogP contribution in [0.3, 0.4) is 0 Å². The molecule has 1 saturated heterocycles. The van der Waals surface area contributed by atoms with Crippen molar-refractivity contribution < 1.29 is 22.0 Å². The van der Waals surface area contributed by atoms with Crippen LogP contribution in [0.1, 0.15) is 95.6 Å². The molecule has 1 aromatic carbocycles. The van der Waals surface area contributed by atoms with Gasteiger partial charge in [0, 0.05) is 40.4 Å². The predicted octanol–water partition coefficient (Wildman–Crippen LogP) is 4.52. The molecule has 0 spiro atoms. The van der Waals surface area contributed by atoms with Gasteiger partial charge in [-0.25, -0.2) is 9.97 Å². The summed E-state index contributed by atoms with van der Waals surface area (Å²) in [6, 6.07) is 7.27. The lowest BCUT2D eigenvalue weighted by molar-refractivity contribution is -0.131. The highest BCUT2D eigenvalue weighted by Crippen LogP contribution is 2.29. The van der Waals surface area contributed by atoms with Gasteiger partial charge in [-0.1, -0.05) is 38.3 Å². The molecular weight excluding hydrogens is 506 g/mol. The number of nitrogens with zero attached hydrogens (tertiary/aromatic N) is 3. The average Bonchev–Trinajstić information content (AvgIpc) is 3.01. The number of piperidine rings is 1. The molecule has 0 bridgehead atoms. The minimum absolute atomic E-state index is 0. The Hall–Kier alpha value is -3.33. The first-order valence-corrected chi connectivity index (χ1v) is 14.8. The van der Waals surface area contributed by atoms with Gasteiger partial charge in [-0.15, -0.1) is 0 Å². The highest BCUT2D eigenvalue weighted by atomic mass is 16.5. The Labute approximate surface area is 240 Å². The number of benzene rings is 1. The summed E-state index contributed by atoms with van der Waals surface area (Å²) in [5.41, 5.74) is 2.35. The lowest BCUT2D eigenvalue weighted by atomic mass is 9.81. The molecule has 40 heavy (non-hydrogen) atoms. The van der Waals surface area contributed by atoms with E-state index in [1.54, 1.807) is 6.20 Å². The standard InChI is InChI=1S/C31H43N5O4.2H2/c1-3-27(37)30(22-10-6-5-7-11-22)35-31(39)24-13-8-12-23(16-24)25-14-9-15-36(20-25)29(38)19-32-17-26-28(40-4-2)18-33-21-34-26;;/h8,12-13,16,18,21-22,25,30,32H,3-7,9-11,14-15,17,19-20H2,1-2H3,(H,35,39);2*1H/t25-,30-;;/m1../s1. The quantitative estimate of drug-likeness (QED) is 0.397. The summed E-state index contributed by atoms with van der Waals surface area (Å²) in [6.07, 6.45) is 10.8. The van der Waals surface area contributed by atoms with Gasteiger partial charge in [0.2, 0.25) is 5.91 Å². The number of amides is 2. The zero-order chi connectivity index (χ0) is 28.3. The lowest BCUT2D eigenvalue weighted by Crippen LogP contribution is -2.46. The number of likely N-dealkylation sites (tertiary alicyclic amines) is 1. The number of hydrogen-bond acceptors (Lipinski definition) is 7. The average molecular weight is 554 g/mol. The lowest BCUT2D eigenvalue weighted by Gasteiger charge is -2.33. The van der Waals surface area contributed by atoms with Crippen molar-refractivity contribution in [3.63, 3.8) is 0 Å². The van der Waals surface area contributed by atoms with Crippen LogP contribution in [0.15, 0.2) is 36.8 Å². The fourth-order valence-electron chi connectivity index (χ4n) is 5.93. The fraction of sp³-hybridized carbons (Fsp3) is 0.581. The second-order valence-electron chi connectivity index (χ2n) is 10.8. The normalized spacial score (nSPS) is 18.6. The Balaban J connectivity index is 0.00000308. The first-order valence-electron chi connectivity index (χ1n) is 14.8. The van der Waals surface area contributed by atoms with E-state index in [1.807, 2.05) is 43.0 Å². The topological polar surface area (TPSA) is 114 Å². The van der Waals surface area contributed by atoms with Gasteiger partial charge in [-0.2, -0.15) is 0 Å². The molecule has 9 heteroatoms. The van der Waals surface area contributed by atoms with Crippen molar-refractivity contribution in [3.05, 3.63) is 53.6 Å². The van der Waals surface area contributed by atoms with Gasteiger partial charge in [0.25, 0.3) is 5.91 Å². The number of ether oxygens (including phenoxy) is 1. The Bertz CT molecular complexity index is 1160. The molecule has 2 heterocycles. The molecule has 2 aliphatic rings. The number of Topliss-reactive ketones (excluding diaryl/α,β-unsaturated/α-hetero) is 1. The largest absolute Gasteiger partial charge is 0.490 e. The third-order valence-electron chi connectivity index (χ3n) is 8.12. The monoisotopic (exact) mass is 553 g/mol. The van der Waals surface area contributed by atoms with Crippen LogP contribution >= 0.6 is 0 Å². The van der Waals surface area contributed by atoms with Crippen LogP contribution in [0.2, 0.25) is 0 Å². The summed E-state index contributed by atoms with van der Waals surface area (Å²) in [6.45, 7) is 6.25. The molecule has 1 saturated carbocycles. The van der Waals surface area contributed by atoms with Crippen LogP contribution < -0.4 is 15.4 Å². The summed E-state index contributed by atoms with van der Waals surface area (Å²) in [7, 11) is 0. The van der Waals surface area contributed by atoms with Gasteiger partial charge in [0.1, 0.15) is 6.33 Å². The second-order valence-corrected chi connectivity index (χ2v) is 10.8. The minimum atomic E-state index is -0.413. The van der Waals surface area contributed by atoms with Crippen LogP contribution in [-0.2, 0) is 16.1 Å². The van der Waals surface area contributed by atoms with E-state index in [9.17, 15) is 14.4 Å². The van der Waals surface area contributed by atoms with Crippen molar-refractivity contribution in [2.75, 3.05) is 26.2 Å². The van der Waals surface area contributed by atoms with Crippen molar-refractivity contribution in [1.29, 1.82) is 0 Å². The van der Waals surface area contributed by atoms with E-state index in [-0.39, 0.29) is 38.8 Å². The van der Waals surface area contributed by atoms with Gasteiger partial charge >= 0.3 is 0 Å². The predicted molar refractivity (Wildman–Crippen MR) is 157 cm³/mol. The van der Waals surface area contributed by atoms with E-state index in [4.69, 9.17) is 4.74 Å². The summed E-state index contributed by atoms with van der Waals surface area (Å²) in [5.74, 6) is 0.960. The molecule has 1 aromatic heterocycles. The number of hydrogen-bond donors (Lipinski definition) is 2. The van der Waals surface area contributed by atoms with Crippen molar-refractivity contribution in [2.45, 2.75) is 83.7 Å². The number of carbonyl (C=O) groups is 3. The molecule has 1 aliphatic carbocycles. The Kier molecular flexibility index (Phi) is 11.0. The maximum atomic E-state index is 13.3. The smallest absolute Gasteiger partial charge is 0.251 e. The number of aromatic nitrogens is 2. The Morgan fingerprint density at radius 3 is 2.73 bits per heavy atom. The molecule has 2 amide bonds. The van der Waals surface area contributed by atoms with E-state index in [1.165, 1.54) is 12.7 Å². The summed E-state index contributed by atoms with van der Waals surface area (Å²) < 4.78 is 5.56. The van der Waals surface area contributed by atoms with E-state index >= 15 is 0 Å². The molecule has 1 aliphatic heterocycles. The van der Waals surface area contributed by atoms with Crippen molar-refractivity contribution in [1.82, 2.24) is 25.5 Å². The first-order chi connectivity index (χ1) is 19.5. The van der Waals surface area contributed by atoms with Gasteiger partial charge < -0.3 is 20.3 Å². The first kappa shape index (κ1) is 29.6. The summed E-state index contributed by atoms with van der Waals surface area (Å²) in [4.78, 5) is 49.2. The maximum Gasteiger partial charge on any atom is 0.251 e. The number of nitrogens with one attached hydrogen (secondary N) is 2. The van der Waals surface area contributed by atoms with Crippen molar-refractivity contribution >= 4 is 17.6 Å². The van der Waals surface area contributed by atoms with Gasteiger partial charge in [0.05, 0.1) is 31.1 Å². The van der Waals surface area contributed by atoms with Crippen LogP contribution in [0, 0.1) is 5.92 Å². The van der Waals surface area contributed by atoms with Gasteiger partial charge in [0.15, 0.2) is 11.5 Å². The third-order valence-corrected chi connectivity index (χ3v) is 8.12. The SMILES string of the molecule is CCOc1cncnc1CNCC(=O)N1CCC[C@@H](c2cccc(C(=O)N[C@@H](C(=O)CC)C3CCCCC3)c2)C1.[HH].[HH]. The zero-order valence-electron chi connectivity index (χ0n) is 23.9. The minimum Gasteiger partial charge on any atom is -0.490 e. The highest BCUT2D eigenvalue weighted by Gasteiger charge is 2.30. The van der Waals surface area contributed by atoms with Crippen LogP contribution in [0.4, 0.5) is 0 Å². The Morgan fingerprint density at radius 2 is 1.95 bits per heavy atom. The zero-order valence-corrected chi connectivity index (χ0v) is 23.9. The molecule has 0 unspecified atom stereocenters. The molecule has 9 nitrogen and oxygen atoms in total. The van der Waals surface area contributed by atoms with E-state index in [2.05, 4.69) is 20.6 Å². The summed E-state index contributed by atoms with van der Waals surface area (Å²) in [5, 5.41) is 6.27. The third kappa shape index (κ3) is 7.87. The molecule has 2 atom stereocenters. The van der Waals surface area contributed by atoms with Crippen LogP contribution in [-0.4, -0.2) is 64.7 Å².